The third-order valence-electron chi connectivity index (χ3n) is 23.5. The minimum absolute atomic E-state index is 0.592. The van der Waals surface area contributed by atoms with Crippen LogP contribution in [0.3, 0.4) is 0 Å². The molecule has 0 aliphatic carbocycles. The van der Waals surface area contributed by atoms with E-state index in [-0.39, 0.29) is 0 Å². The maximum atomic E-state index is 2.92. The average molecular weight is 1230 g/mol. The first-order valence-corrected chi connectivity index (χ1v) is 37.6. The van der Waals surface area contributed by atoms with Crippen molar-refractivity contribution in [2.75, 3.05) is 0 Å². The lowest BCUT2D eigenvalue weighted by Crippen LogP contribution is -2.11. The van der Waals surface area contributed by atoms with Crippen LogP contribution in [0.15, 0.2) is 170 Å². The molecule has 2 aromatic heterocycles. The number of fused-ring (bicyclic) bond motifs is 6. The second kappa shape index (κ2) is 25.2. The predicted octanol–water partition coefficient (Wildman–Crippen LogP) is 28.6. The van der Waals surface area contributed by atoms with Crippen LogP contribution in [-0.4, -0.2) is 9.13 Å². The highest BCUT2D eigenvalue weighted by atomic mass is 15.0. The van der Waals surface area contributed by atoms with Crippen molar-refractivity contribution in [2.45, 2.75) is 195 Å². The Morgan fingerprint density at radius 1 is 0.223 bits per heavy atom. The van der Waals surface area contributed by atoms with Gasteiger partial charge in [0.25, 0.3) is 0 Å². The molecule has 17 rings (SSSR count). The first-order valence-electron chi connectivity index (χ1n) is 37.6. The van der Waals surface area contributed by atoms with Crippen molar-refractivity contribution in [3.05, 3.63) is 170 Å². The molecule has 0 radical (unpaired) electrons. The van der Waals surface area contributed by atoms with Crippen LogP contribution in [0.25, 0.3) is 174 Å². The lowest BCUT2D eigenvalue weighted by molar-refractivity contribution is 0.365. The number of benzene rings is 15. The molecule has 94 heavy (non-hydrogen) atoms. The minimum atomic E-state index is 0.592. The summed E-state index contributed by atoms with van der Waals surface area (Å²) in [5.74, 6) is 1.18. The van der Waals surface area contributed by atoms with Gasteiger partial charge in [0, 0.05) is 56.2 Å². The van der Waals surface area contributed by atoms with Crippen molar-refractivity contribution in [1.82, 2.24) is 9.13 Å². The van der Waals surface area contributed by atoms with E-state index in [4.69, 9.17) is 0 Å². The molecule has 0 saturated carbocycles. The molecule has 2 heteroatoms. The number of hydrogen-bond acceptors (Lipinski definition) is 0. The van der Waals surface area contributed by atoms with Crippen molar-refractivity contribution in [2.24, 2.45) is 11.8 Å². The van der Waals surface area contributed by atoms with Crippen LogP contribution in [0, 0.1) is 11.8 Å². The van der Waals surface area contributed by atoms with Crippen molar-refractivity contribution in [1.29, 1.82) is 0 Å². The quantitative estimate of drug-likeness (QED) is 0.0241. The fourth-order valence-corrected chi connectivity index (χ4v) is 19.0. The third-order valence-corrected chi connectivity index (χ3v) is 23.5. The van der Waals surface area contributed by atoms with E-state index < -0.39 is 0 Å². The largest absolute Gasteiger partial charge is 0.340 e. The summed E-state index contributed by atoms with van der Waals surface area (Å²) in [6, 6.07) is 67.9. The molecule has 0 fully saturated rings. The zero-order chi connectivity index (χ0) is 63.0. The Bertz CT molecular complexity index is 5180. The van der Waals surface area contributed by atoms with Gasteiger partial charge in [0.1, 0.15) is 0 Å². The summed E-state index contributed by atoms with van der Waals surface area (Å²) in [4.78, 5) is 0. The SMILES string of the molecule is CCCCCCCCC(CCCCCC)Cn1c2cc(-c3cccc4ccccc34)c3cccc4c5ccc6c7ccc8c9cccc%10c(-c%11cccc%12ccccc%11%12)cc%11c(c%109)c9c8c7c(cc9n%11CC(CCCCCC)CCCCCCCC)c7cc1c(c5c67)c2c34. The Balaban J connectivity index is 0.974. The second-order valence-corrected chi connectivity index (χ2v) is 29.4. The van der Waals surface area contributed by atoms with Crippen molar-refractivity contribution >= 4 is 151 Å². The average Bonchev–Trinajstić information content (AvgIpc) is 1.37. The van der Waals surface area contributed by atoms with Crippen molar-refractivity contribution < 1.29 is 0 Å². The first kappa shape index (κ1) is 59.5. The smallest absolute Gasteiger partial charge is 0.0504 e. The van der Waals surface area contributed by atoms with Gasteiger partial charge in [-0.2, -0.15) is 0 Å². The van der Waals surface area contributed by atoms with E-state index in [1.165, 1.54) is 328 Å². The molecule has 2 nitrogen and oxygen atoms in total. The second-order valence-electron chi connectivity index (χ2n) is 29.4. The summed E-state index contributed by atoms with van der Waals surface area (Å²) >= 11 is 0. The normalized spacial score (nSPS) is 13.5. The van der Waals surface area contributed by atoms with E-state index in [1.807, 2.05) is 0 Å². The summed E-state index contributed by atoms with van der Waals surface area (Å²) in [5, 5.41) is 33.8. The van der Waals surface area contributed by atoms with Gasteiger partial charge in [-0.15, -0.1) is 0 Å². The maximum absolute atomic E-state index is 2.92. The van der Waals surface area contributed by atoms with Gasteiger partial charge in [0.15, 0.2) is 0 Å². The van der Waals surface area contributed by atoms with E-state index in [1.54, 1.807) is 0 Å². The number of unbranched alkanes of at least 4 members (excludes halogenated alkanes) is 16. The van der Waals surface area contributed by atoms with Gasteiger partial charge in [0.2, 0.25) is 0 Å². The molecule has 0 N–H and O–H groups in total. The molecule has 2 heterocycles. The monoisotopic (exact) mass is 1230 g/mol. The highest BCUT2D eigenvalue weighted by Gasteiger charge is 2.32. The van der Waals surface area contributed by atoms with Crippen LogP contribution in [-0.2, 0) is 13.1 Å². The zero-order valence-corrected chi connectivity index (χ0v) is 56.6. The summed E-state index contributed by atoms with van der Waals surface area (Å²) in [5.41, 5.74) is 11.1. The Morgan fingerprint density at radius 3 is 0.926 bits per heavy atom. The van der Waals surface area contributed by atoms with Gasteiger partial charge < -0.3 is 9.13 Å². The Hall–Kier alpha value is -8.20. The van der Waals surface area contributed by atoms with E-state index in [0.29, 0.717) is 11.8 Å². The van der Waals surface area contributed by atoms with Crippen LogP contribution in [0.4, 0.5) is 0 Å². The van der Waals surface area contributed by atoms with Crippen molar-refractivity contribution in [3.8, 4) is 22.3 Å². The van der Waals surface area contributed by atoms with E-state index in [0.717, 1.165) is 13.1 Å². The highest BCUT2D eigenvalue weighted by Crippen LogP contribution is 2.57. The zero-order valence-electron chi connectivity index (χ0n) is 56.6. The molecule has 0 amide bonds. The van der Waals surface area contributed by atoms with E-state index in [2.05, 4.69) is 207 Å². The van der Waals surface area contributed by atoms with Crippen LogP contribution >= 0.6 is 0 Å². The van der Waals surface area contributed by atoms with Crippen LogP contribution in [0.2, 0.25) is 0 Å². The number of hydrogen-bond donors (Lipinski definition) is 0. The standard InChI is InChI=1S/C92H94N2/c1-5-9-13-17-19-23-35-59(33-21-15-11-7-3)57-93-79-53-75(65-43-29-39-61-37-25-27-41-63(61)65)69-47-31-45-67-73-51-49-71-72-50-52-74-68-46-32-48-70-76(66-44-30-40-62-38-26-28-42-64(62)66)54-80-90(84(68)70)92-82(94(80)58-60(34-22-16-12-8-4)36-24-20-18-14-10-6-2)56-78(86(72)88(74)92)77-55-81(93)91(87(73)85(71)77)89(79)83(67)69/h25-32,37-56,59-60H,5-24,33-36,57-58H2,1-4H3. The fraction of sp³-hybridized carbons (Fsp3) is 0.348. The minimum Gasteiger partial charge on any atom is -0.340 e. The Kier molecular flexibility index (Phi) is 15.9. The topological polar surface area (TPSA) is 9.86 Å². The molecule has 472 valence electrons. The van der Waals surface area contributed by atoms with Crippen LogP contribution in [0.5, 0.6) is 0 Å². The van der Waals surface area contributed by atoms with Gasteiger partial charge in [0.05, 0.1) is 22.1 Å². The number of aromatic nitrogens is 2. The summed E-state index contributed by atoms with van der Waals surface area (Å²) < 4.78 is 5.84. The van der Waals surface area contributed by atoms with Gasteiger partial charge >= 0.3 is 0 Å². The summed E-state index contributed by atoms with van der Waals surface area (Å²) in [7, 11) is 0. The van der Waals surface area contributed by atoms with Gasteiger partial charge in [-0.3, -0.25) is 0 Å². The van der Waals surface area contributed by atoms with E-state index in [9.17, 15) is 0 Å². The number of nitrogens with zero attached hydrogens (tertiary/aromatic N) is 2. The summed E-state index contributed by atoms with van der Waals surface area (Å²) in [6.07, 6.45) is 31.7. The molecule has 17 aromatic rings. The third kappa shape index (κ3) is 9.67. The lowest BCUT2D eigenvalue weighted by Gasteiger charge is -2.22. The molecular formula is C92H94N2. The van der Waals surface area contributed by atoms with Crippen LogP contribution < -0.4 is 0 Å². The van der Waals surface area contributed by atoms with Gasteiger partial charge in [-0.05, 0) is 170 Å². The number of rotatable bonds is 30. The Labute approximate surface area is 556 Å². The fourth-order valence-electron chi connectivity index (χ4n) is 19.0. The molecule has 0 bridgehead atoms. The molecular weight excluding hydrogens is 1130 g/mol. The molecule has 0 aliphatic heterocycles. The summed E-state index contributed by atoms with van der Waals surface area (Å²) in [6.45, 7) is 11.5. The molecule has 2 atom stereocenters. The van der Waals surface area contributed by atoms with Crippen molar-refractivity contribution in [3.63, 3.8) is 0 Å². The lowest BCUT2D eigenvalue weighted by atomic mass is 9.81. The van der Waals surface area contributed by atoms with Gasteiger partial charge in [-0.1, -0.05) is 302 Å². The maximum Gasteiger partial charge on any atom is 0.0504 e. The van der Waals surface area contributed by atoms with Crippen LogP contribution in [0.1, 0.15) is 182 Å². The van der Waals surface area contributed by atoms with E-state index >= 15 is 0 Å². The molecule has 0 saturated heterocycles. The predicted molar refractivity (Wildman–Crippen MR) is 415 cm³/mol. The molecule has 0 spiro atoms. The Morgan fingerprint density at radius 2 is 0.511 bits per heavy atom. The first-order chi connectivity index (χ1) is 46.6. The molecule has 2 unspecified atom stereocenters. The highest BCUT2D eigenvalue weighted by molar-refractivity contribution is 6.51. The molecule has 0 aliphatic rings. The molecule has 15 aromatic carbocycles. The van der Waals surface area contributed by atoms with Gasteiger partial charge in [-0.25, -0.2) is 0 Å².